The van der Waals surface area contributed by atoms with Gasteiger partial charge in [-0.25, -0.2) is 0 Å². The fourth-order valence-electron chi connectivity index (χ4n) is 1.81. The van der Waals surface area contributed by atoms with Gasteiger partial charge < -0.3 is 5.32 Å². The Balaban J connectivity index is 2.16. The Morgan fingerprint density at radius 2 is 2.00 bits per heavy atom. The molecule has 0 saturated carbocycles. The Morgan fingerprint density at radius 3 is 2.59 bits per heavy atom. The van der Waals surface area contributed by atoms with Crippen LogP contribution in [0.25, 0.3) is 0 Å². The molecule has 1 aromatic carbocycles. The molecule has 2 nitrogen and oxygen atoms in total. The van der Waals surface area contributed by atoms with E-state index in [9.17, 15) is 4.79 Å². The molecule has 0 radical (unpaired) electrons. The van der Waals surface area contributed by atoms with E-state index in [-0.39, 0.29) is 11.9 Å². The zero-order chi connectivity index (χ0) is 12.1. The quantitative estimate of drug-likeness (QED) is 0.880. The molecule has 0 bridgehead atoms. The normalized spacial score (nSPS) is 12.1. The number of benzene rings is 1. The standard InChI is InChI=1S/C14H15NOS/c1-11(16)15-14(10-13-8-5-9-17-13)12-6-3-2-4-7-12/h2-9,14H,10H2,1H3,(H,15,16). The summed E-state index contributed by atoms with van der Waals surface area (Å²) in [6, 6.07) is 14.3. The molecule has 0 fully saturated rings. The van der Waals surface area contributed by atoms with Gasteiger partial charge in [-0.2, -0.15) is 0 Å². The lowest BCUT2D eigenvalue weighted by atomic mass is 10.0. The average molecular weight is 245 g/mol. The first-order chi connectivity index (χ1) is 8.25. The Bertz CT molecular complexity index is 464. The molecule has 1 aromatic heterocycles. The second kappa shape index (κ2) is 5.64. The van der Waals surface area contributed by atoms with Crippen LogP contribution in [0, 0.1) is 0 Å². The summed E-state index contributed by atoms with van der Waals surface area (Å²) in [5, 5.41) is 5.06. The summed E-state index contributed by atoms with van der Waals surface area (Å²) in [5.41, 5.74) is 1.15. The molecule has 0 saturated heterocycles. The minimum Gasteiger partial charge on any atom is -0.349 e. The summed E-state index contributed by atoms with van der Waals surface area (Å²) in [6.45, 7) is 1.56. The molecular weight excluding hydrogens is 230 g/mol. The molecule has 1 unspecified atom stereocenters. The molecule has 0 aliphatic carbocycles. The van der Waals surface area contributed by atoms with Crippen LogP contribution in [-0.2, 0) is 11.2 Å². The van der Waals surface area contributed by atoms with Crippen molar-refractivity contribution in [2.45, 2.75) is 19.4 Å². The summed E-state index contributed by atoms with van der Waals surface area (Å²) in [4.78, 5) is 12.5. The van der Waals surface area contributed by atoms with Crippen molar-refractivity contribution in [1.29, 1.82) is 0 Å². The molecule has 1 amide bonds. The van der Waals surface area contributed by atoms with E-state index in [0.29, 0.717) is 0 Å². The van der Waals surface area contributed by atoms with Gasteiger partial charge in [0.05, 0.1) is 6.04 Å². The first kappa shape index (κ1) is 11.9. The number of nitrogens with one attached hydrogen (secondary N) is 1. The molecule has 0 aliphatic heterocycles. The lowest BCUT2D eigenvalue weighted by molar-refractivity contribution is -0.119. The van der Waals surface area contributed by atoms with E-state index >= 15 is 0 Å². The molecule has 3 heteroatoms. The molecule has 0 spiro atoms. The zero-order valence-electron chi connectivity index (χ0n) is 9.72. The third-order valence-electron chi connectivity index (χ3n) is 2.56. The van der Waals surface area contributed by atoms with E-state index in [4.69, 9.17) is 0 Å². The molecule has 2 aromatic rings. The van der Waals surface area contributed by atoms with E-state index in [1.54, 1.807) is 18.3 Å². The number of amides is 1. The fourth-order valence-corrected chi connectivity index (χ4v) is 2.56. The van der Waals surface area contributed by atoms with Gasteiger partial charge in [-0.15, -0.1) is 11.3 Å². The minimum absolute atomic E-state index is 0.00964. The molecule has 1 heterocycles. The highest BCUT2D eigenvalue weighted by Crippen LogP contribution is 2.21. The summed E-state index contributed by atoms with van der Waals surface area (Å²) >= 11 is 1.72. The van der Waals surface area contributed by atoms with Gasteiger partial charge in [0.25, 0.3) is 0 Å². The van der Waals surface area contributed by atoms with E-state index in [1.807, 2.05) is 36.4 Å². The Labute approximate surface area is 105 Å². The van der Waals surface area contributed by atoms with Gasteiger partial charge in [0, 0.05) is 18.2 Å². The zero-order valence-corrected chi connectivity index (χ0v) is 10.5. The maximum absolute atomic E-state index is 11.2. The first-order valence-electron chi connectivity index (χ1n) is 5.60. The predicted molar refractivity (Wildman–Crippen MR) is 71.0 cm³/mol. The second-order valence-electron chi connectivity index (χ2n) is 3.95. The molecule has 17 heavy (non-hydrogen) atoms. The third kappa shape index (κ3) is 3.43. The van der Waals surface area contributed by atoms with E-state index in [0.717, 1.165) is 12.0 Å². The lowest BCUT2D eigenvalue weighted by Crippen LogP contribution is -2.27. The maximum Gasteiger partial charge on any atom is 0.217 e. The smallest absolute Gasteiger partial charge is 0.217 e. The van der Waals surface area contributed by atoms with Crippen molar-refractivity contribution >= 4 is 17.2 Å². The Hall–Kier alpha value is -1.61. The Kier molecular flexibility index (Phi) is 3.94. The number of rotatable bonds is 4. The van der Waals surface area contributed by atoms with Crippen molar-refractivity contribution < 1.29 is 4.79 Å². The van der Waals surface area contributed by atoms with Gasteiger partial charge in [0.15, 0.2) is 0 Å². The van der Waals surface area contributed by atoms with Gasteiger partial charge in [0.1, 0.15) is 0 Å². The minimum atomic E-state index is 0.00964. The molecule has 2 rings (SSSR count). The van der Waals surface area contributed by atoms with Gasteiger partial charge in [-0.1, -0.05) is 36.4 Å². The number of thiophene rings is 1. The van der Waals surface area contributed by atoms with Crippen LogP contribution in [0.1, 0.15) is 23.4 Å². The highest BCUT2D eigenvalue weighted by atomic mass is 32.1. The van der Waals surface area contributed by atoms with Crippen LogP contribution in [0.2, 0.25) is 0 Å². The summed E-state index contributed by atoms with van der Waals surface area (Å²) < 4.78 is 0. The summed E-state index contributed by atoms with van der Waals surface area (Å²) in [5.74, 6) is 0.00964. The highest BCUT2D eigenvalue weighted by molar-refractivity contribution is 7.09. The van der Waals surface area contributed by atoms with Crippen LogP contribution >= 0.6 is 11.3 Å². The number of hydrogen-bond donors (Lipinski definition) is 1. The van der Waals surface area contributed by atoms with Crippen LogP contribution in [0.5, 0.6) is 0 Å². The Morgan fingerprint density at radius 1 is 1.24 bits per heavy atom. The second-order valence-corrected chi connectivity index (χ2v) is 4.98. The van der Waals surface area contributed by atoms with Crippen molar-refractivity contribution in [2.24, 2.45) is 0 Å². The third-order valence-corrected chi connectivity index (χ3v) is 3.46. The van der Waals surface area contributed by atoms with E-state index in [2.05, 4.69) is 16.8 Å². The summed E-state index contributed by atoms with van der Waals surface area (Å²) in [6.07, 6.45) is 0.848. The average Bonchev–Trinajstić information content (AvgIpc) is 2.82. The first-order valence-corrected chi connectivity index (χ1v) is 6.48. The van der Waals surface area contributed by atoms with Crippen molar-refractivity contribution in [2.75, 3.05) is 0 Å². The lowest BCUT2D eigenvalue weighted by Gasteiger charge is -2.17. The SMILES string of the molecule is CC(=O)NC(Cc1cccs1)c1ccccc1. The van der Waals surface area contributed by atoms with Gasteiger partial charge in [0.2, 0.25) is 5.91 Å². The molecule has 0 aliphatic rings. The predicted octanol–water partition coefficient (Wildman–Crippen LogP) is 3.17. The van der Waals surface area contributed by atoms with Gasteiger partial charge >= 0.3 is 0 Å². The number of carbonyl (C=O) groups is 1. The van der Waals surface area contributed by atoms with Crippen LogP contribution in [0.4, 0.5) is 0 Å². The van der Waals surface area contributed by atoms with E-state index < -0.39 is 0 Å². The van der Waals surface area contributed by atoms with Crippen LogP contribution in [0.3, 0.4) is 0 Å². The summed E-state index contributed by atoms with van der Waals surface area (Å²) in [7, 11) is 0. The maximum atomic E-state index is 11.2. The van der Waals surface area contributed by atoms with Gasteiger partial charge in [-0.05, 0) is 17.0 Å². The van der Waals surface area contributed by atoms with Crippen LogP contribution in [-0.4, -0.2) is 5.91 Å². The topological polar surface area (TPSA) is 29.1 Å². The van der Waals surface area contributed by atoms with E-state index in [1.165, 1.54) is 4.88 Å². The van der Waals surface area contributed by atoms with Crippen molar-refractivity contribution in [3.05, 3.63) is 58.3 Å². The van der Waals surface area contributed by atoms with Crippen molar-refractivity contribution in [3.8, 4) is 0 Å². The largest absolute Gasteiger partial charge is 0.349 e. The van der Waals surface area contributed by atoms with Gasteiger partial charge in [-0.3, -0.25) is 4.79 Å². The molecule has 1 N–H and O–H groups in total. The molecule has 1 atom stereocenters. The number of hydrogen-bond acceptors (Lipinski definition) is 2. The highest BCUT2D eigenvalue weighted by Gasteiger charge is 2.13. The van der Waals surface area contributed by atoms with Crippen LogP contribution < -0.4 is 5.32 Å². The van der Waals surface area contributed by atoms with Crippen molar-refractivity contribution in [3.63, 3.8) is 0 Å². The molecular formula is C14H15NOS. The monoisotopic (exact) mass is 245 g/mol. The molecule has 88 valence electrons. The fraction of sp³-hybridized carbons (Fsp3) is 0.214. The number of carbonyl (C=O) groups excluding carboxylic acids is 1. The van der Waals surface area contributed by atoms with Crippen molar-refractivity contribution in [1.82, 2.24) is 5.32 Å². The van der Waals surface area contributed by atoms with Crippen LogP contribution in [0.15, 0.2) is 47.8 Å².